The maximum atomic E-state index is 8.38. The van der Waals surface area contributed by atoms with Gasteiger partial charge in [-0.2, -0.15) is 0 Å². The van der Waals surface area contributed by atoms with Crippen molar-refractivity contribution in [3.8, 4) is 5.75 Å². The molecule has 1 heteroatoms. The SMILES string of the molecule is [2H]C1([2H])CC(c2ccccc2OCC)CC([2H])([2H])C1CCC. The maximum absolute atomic E-state index is 8.38. The lowest BCUT2D eigenvalue weighted by Gasteiger charge is -2.29. The Bertz CT molecular complexity index is 483. The van der Waals surface area contributed by atoms with Crippen molar-refractivity contribution in [3.63, 3.8) is 0 Å². The van der Waals surface area contributed by atoms with Gasteiger partial charge in [0.2, 0.25) is 0 Å². The zero-order chi connectivity index (χ0) is 16.4. The summed E-state index contributed by atoms with van der Waals surface area (Å²) in [6.45, 7) is 4.47. The minimum absolute atomic E-state index is 0.138. The molecule has 1 fully saturated rings. The number of ether oxygens (including phenoxy) is 1. The van der Waals surface area contributed by atoms with E-state index in [0.29, 0.717) is 25.9 Å². The van der Waals surface area contributed by atoms with Gasteiger partial charge >= 0.3 is 0 Å². The van der Waals surface area contributed by atoms with Crippen LogP contribution in [-0.2, 0) is 0 Å². The minimum atomic E-state index is -1.48. The summed E-state index contributed by atoms with van der Waals surface area (Å²) in [5, 5.41) is 0. The average molecular weight is 250 g/mol. The molecule has 1 aliphatic carbocycles. The second-order valence-corrected chi connectivity index (χ2v) is 4.83. The van der Waals surface area contributed by atoms with Crippen LogP contribution in [0.2, 0.25) is 0 Å². The van der Waals surface area contributed by atoms with E-state index in [0.717, 1.165) is 17.7 Å². The number of hydrogen-bond donors (Lipinski definition) is 0. The summed E-state index contributed by atoms with van der Waals surface area (Å²) in [5.41, 5.74) is 0.937. The van der Waals surface area contributed by atoms with Gasteiger partial charge < -0.3 is 4.74 Å². The fraction of sp³-hybridized carbons (Fsp3) is 0.647. The van der Waals surface area contributed by atoms with Crippen LogP contribution in [0.15, 0.2) is 24.3 Å². The van der Waals surface area contributed by atoms with Crippen LogP contribution in [0.25, 0.3) is 0 Å². The highest BCUT2D eigenvalue weighted by Crippen LogP contribution is 2.40. The van der Waals surface area contributed by atoms with Gasteiger partial charge in [-0.25, -0.2) is 0 Å². The van der Waals surface area contributed by atoms with E-state index < -0.39 is 18.7 Å². The van der Waals surface area contributed by atoms with E-state index in [1.165, 1.54) is 0 Å². The number of hydrogen-bond acceptors (Lipinski definition) is 1. The zero-order valence-corrected chi connectivity index (χ0v) is 11.4. The smallest absolute Gasteiger partial charge is 0.122 e. The van der Waals surface area contributed by atoms with Crippen LogP contribution in [0.5, 0.6) is 5.75 Å². The topological polar surface area (TPSA) is 9.23 Å². The Labute approximate surface area is 117 Å². The largest absolute Gasteiger partial charge is 0.494 e. The Balaban J connectivity index is 2.32. The highest BCUT2D eigenvalue weighted by molar-refractivity contribution is 5.36. The van der Waals surface area contributed by atoms with Gasteiger partial charge in [-0.15, -0.1) is 0 Å². The molecule has 1 aromatic carbocycles. The van der Waals surface area contributed by atoms with E-state index in [1.54, 1.807) is 0 Å². The van der Waals surface area contributed by atoms with Gasteiger partial charge in [0.25, 0.3) is 0 Å². The van der Waals surface area contributed by atoms with Gasteiger partial charge in [0.1, 0.15) is 5.75 Å². The first kappa shape index (κ1) is 9.01. The predicted octanol–water partition coefficient (Wildman–Crippen LogP) is 5.16. The summed E-state index contributed by atoms with van der Waals surface area (Å²) in [6, 6.07) is 7.66. The first-order chi connectivity index (χ1) is 10.3. The van der Waals surface area contributed by atoms with Crippen LogP contribution in [-0.4, -0.2) is 6.61 Å². The third-order valence-corrected chi connectivity index (χ3v) is 3.46. The molecule has 0 spiro atoms. The van der Waals surface area contributed by atoms with E-state index in [2.05, 4.69) is 0 Å². The van der Waals surface area contributed by atoms with Crippen molar-refractivity contribution in [2.75, 3.05) is 6.61 Å². The number of rotatable bonds is 5. The van der Waals surface area contributed by atoms with Crippen molar-refractivity contribution in [1.82, 2.24) is 0 Å². The molecular weight excluding hydrogens is 220 g/mol. The number of para-hydroxylation sites is 1. The van der Waals surface area contributed by atoms with Gasteiger partial charge in [0, 0.05) is 5.48 Å². The summed E-state index contributed by atoms with van der Waals surface area (Å²) in [6.07, 6.45) is -0.838. The van der Waals surface area contributed by atoms with Crippen molar-refractivity contribution in [1.29, 1.82) is 0 Å². The quantitative estimate of drug-likeness (QED) is 0.701. The Morgan fingerprint density at radius 2 is 1.94 bits per heavy atom. The molecule has 0 radical (unpaired) electrons. The lowest BCUT2D eigenvalue weighted by molar-refractivity contribution is 0.294. The summed E-state index contributed by atoms with van der Waals surface area (Å²) >= 11 is 0. The molecule has 100 valence electrons. The monoisotopic (exact) mass is 250 g/mol. The van der Waals surface area contributed by atoms with Gasteiger partial charge in [-0.3, -0.25) is 0 Å². The normalized spacial score (nSPS) is 32.8. The third kappa shape index (κ3) is 3.28. The van der Waals surface area contributed by atoms with E-state index >= 15 is 0 Å². The van der Waals surface area contributed by atoms with Crippen molar-refractivity contribution < 1.29 is 10.2 Å². The van der Waals surface area contributed by atoms with Crippen LogP contribution in [0.3, 0.4) is 0 Å². The molecule has 0 unspecified atom stereocenters. The second kappa shape index (κ2) is 6.82. The van der Waals surface area contributed by atoms with Crippen LogP contribution in [0.4, 0.5) is 0 Å². The fourth-order valence-corrected chi connectivity index (χ4v) is 2.53. The molecule has 1 nitrogen and oxygen atoms in total. The van der Waals surface area contributed by atoms with Crippen molar-refractivity contribution in [2.45, 2.75) is 58.2 Å². The highest BCUT2D eigenvalue weighted by atomic mass is 16.5. The maximum Gasteiger partial charge on any atom is 0.122 e. The molecule has 1 saturated carbocycles. The summed E-state index contributed by atoms with van der Waals surface area (Å²) in [5.74, 6) is 0.0944. The molecule has 0 aliphatic heterocycles. The van der Waals surface area contributed by atoms with Gasteiger partial charge in [0.05, 0.1) is 6.61 Å². The third-order valence-electron chi connectivity index (χ3n) is 3.46. The summed E-state index contributed by atoms with van der Waals surface area (Å²) < 4.78 is 39.2. The van der Waals surface area contributed by atoms with Crippen LogP contribution in [0, 0.1) is 5.92 Å². The molecule has 18 heavy (non-hydrogen) atoms. The minimum Gasteiger partial charge on any atom is -0.494 e. The Morgan fingerprint density at radius 1 is 1.22 bits per heavy atom. The molecule has 1 aliphatic rings. The van der Waals surface area contributed by atoms with E-state index in [1.807, 2.05) is 38.1 Å². The molecule has 0 atom stereocenters. The standard InChI is InChI=1S/C17H26O/c1-3-7-14-10-12-15(13-11-14)16-8-5-6-9-17(16)18-4-2/h5-6,8-9,14-15H,3-4,7,10-13H2,1-2H3/i10D2,11D2. The summed E-state index contributed by atoms with van der Waals surface area (Å²) in [7, 11) is 0. The zero-order valence-electron chi connectivity index (χ0n) is 15.4. The molecule has 0 N–H and O–H groups in total. The van der Waals surface area contributed by atoms with Crippen LogP contribution >= 0.6 is 0 Å². The Kier molecular flexibility index (Phi) is 3.41. The van der Waals surface area contributed by atoms with Crippen molar-refractivity contribution in [3.05, 3.63) is 29.8 Å². The average Bonchev–Trinajstić information content (AvgIpc) is 2.43. The molecule has 2 rings (SSSR count). The molecule has 0 heterocycles. The lowest BCUT2D eigenvalue weighted by atomic mass is 9.77. The van der Waals surface area contributed by atoms with Gasteiger partial charge in [-0.05, 0) is 56.0 Å². The molecule has 0 aromatic heterocycles. The van der Waals surface area contributed by atoms with E-state index in [4.69, 9.17) is 10.2 Å². The van der Waals surface area contributed by atoms with Crippen LogP contribution < -0.4 is 4.74 Å². The van der Waals surface area contributed by atoms with Gasteiger partial charge in [0.15, 0.2) is 0 Å². The Morgan fingerprint density at radius 3 is 2.61 bits per heavy atom. The Hall–Kier alpha value is -0.980. The second-order valence-electron chi connectivity index (χ2n) is 4.83. The molecular formula is C17H26O. The number of benzene rings is 1. The molecule has 0 amide bonds. The highest BCUT2D eigenvalue weighted by Gasteiger charge is 2.23. The molecule has 1 aromatic rings. The van der Waals surface area contributed by atoms with E-state index in [9.17, 15) is 0 Å². The summed E-state index contributed by atoms with van der Waals surface area (Å²) in [4.78, 5) is 0. The lowest BCUT2D eigenvalue weighted by Crippen LogP contribution is -2.14. The fourth-order valence-electron chi connectivity index (χ4n) is 2.53. The van der Waals surface area contributed by atoms with Crippen molar-refractivity contribution in [2.24, 2.45) is 5.92 Å². The molecule has 0 bridgehead atoms. The van der Waals surface area contributed by atoms with Gasteiger partial charge in [-0.1, -0.05) is 38.0 Å². The van der Waals surface area contributed by atoms with E-state index in [-0.39, 0.29) is 5.92 Å². The predicted molar refractivity (Wildman–Crippen MR) is 77.2 cm³/mol. The van der Waals surface area contributed by atoms with Crippen LogP contribution in [0.1, 0.15) is 69.2 Å². The first-order valence-corrected chi connectivity index (χ1v) is 7.03. The molecule has 0 saturated heterocycles. The first-order valence-electron chi connectivity index (χ1n) is 9.03. The van der Waals surface area contributed by atoms with Crippen molar-refractivity contribution >= 4 is 0 Å².